The lowest BCUT2D eigenvalue weighted by molar-refractivity contribution is -0.127. The first kappa shape index (κ1) is 13.7. The molecule has 21 heavy (non-hydrogen) atoms. The van der Waals surface area contributed by atoms with E-state index in [1.165, 1.54) is 0 Å². The van der Waals surface area contributed by atoms with Crippen molar-refractivity contribution in [1.29, 1.82) is 0 Å². The minimum atomic E-state index is 0.160. The first-order chi connectivity index (χ1) is 10.1. The Kier molecular flexibility index (Phi) is 3.68. The van der Waals surface area contributed by atoms with Crippen LogP contribution in [0.15, 0.2) is 18.5 Å². The number of nitrogens with zero attached hydrogens (tertiary/aromatic N) is 4. The summed E-state index contributed by atoms with van der Waals surface area (Å²) in [5.74, 6) is 0.644. The third-order valence-corrected chi connectivity index (χ3v) is 3.92. The maximum atomic E-state index is 11.4. The molecule has 0 saturated carbocycles. The van der Waals surface area contributed by atoms with Gasteiger partial charge < -0.3 is 4.90 Å². The Morgan fingerprint density at radius 1 is 1.38 bits per heavy atom. The number of hydrogen-bond acceptors (Lipinski definition) is 4. The van der Waals surface area contributed by atoms with Crippen molar-refractivity contribution in [3.63, 3.8) is 0 Å². The van der Waals surface area contributed by atoms with Crippen molar-refractivity contribution >= 4 is 5.91 Å². The highest BCUT2D eigenvalue weighted by Gasteiger charge is 2.24. The number of likely N-dealkylation sites (tertiary alicyclic amines) is 1. The molecular weight excluding hydrogens is 266 g/mol. The highest BCUT2D eigenvalue weighted by atomic mass is 16.2. The van der Waals surface area contributed by atoms with E-state index >= 15 is 0 Å². The molecule has 0 radical (unpaired) electrons. The Labute approximate surface area is 123 Å². The molecule has 0 unspecified atom stereocenters. The van der Waals surface area contributed by atoms with E-state index < -0.39 is 0 Å². The van der Waals surface area contributed by atoms with Crippen molar-refractivity contribution in [3.8, 4) is 11.4 Å². The lowest BCUT2D eigenvalue weighted by atomic mass is 10.0. The molecule has 0 bridgehead atoms. The van der Waals surface area contributed by atoms with E-state index in [2.05, 4.69) is 20.2 Å². The van der Waals surface area contributed by atoms with Gasteiger partial charge in [0.05, 0.1) is 5.69 Å². The molecule has 110 valence electrons. The van der Waals surface area contributed by atoms with Gasteiger partial charge in [0.2, 0.25) is 5.91 Å². The highest BCUT2D eigenvalue weighted by Crippen LogP contribution is 2.22. The van der Waals surface area contributed by atoms with E-state index in [1.807, 2.05) is 24.0 Å². The summed E-state index contributed by atoms with van der Waals surface area (Å²) in [6, 6.07) is 3.96. The smallest absolute Gasteiger partial charge is 0.219 e. The number of aromatic amines is 1. The molecular formula is C15H19N5O. The number of carbonyl (C=O) groups is 1. The summed E-state index contributed by atoms with van der Waals surface area (Å²) in [6.45, 7) is 5.28. The van der Waals surface area contributed by atoms with Crippen molar-refractivity contribution in [2.24, 2.45) is 5.92 Å². The van der Waals surface area contributed by atoms with E-state index in [0.717, 1.165) is 48.7 Å². The summed E-state index contributed by atoms with van der Waals surface area (Å²) < 4.78 is 0. The van der Waals surface area contributed by atoms with Gasteiger partial charge in [-0.2, -0.15) is 5.10 Å². The maximum Gasteiger partial charge on any atom is 0.219 e. The fraction of sp³-hybridized carbons (Fsp3) is 0.467. The Balaban J connectivity index is 1.71. The molecule has 2 aromatic rings. The number of nitrogens with one attached hydrogen (secondary N) is 1. The number of amides is 1. The highest BCUT2D eigenvalue weighted by molar-refractivity contribution is 5.73. The van der Waals surface area contributed by atoms with E-state index in [9.17, 15) is 4.79 Å². The van der Waals surface area contributed by atoms with Crippen LogP contribution < -0.4 is 0 Å². The number of rotatable bonds is 3. The lowest BCUT2D eigenvalue weighted by Crippen LogP contribution is -2.26. The van der Waals surface area contributed by atoms with E-state index in [0.29, 0.717) is 5.92 Å². The zero-order valence-electron chi connectivity index (χ0n) is 12.3. The molecule has 1 saturated heterocycles. The van der Waals surface area contributed by atoms with E-state index in [4.69, 9.17) is 0 Å². The zero-order valence-corrected chi connectivity index (χ0v) is 12.3. The summed E-state index contributed by atoms with van der Waals surface area (Å²) in [5.41, 5.74) is 3.70. The van der Waals surface area contributed by atoms with Crippen LogP contribution in [0, 0.1) is 12.8 Å². The molecule has 2 aromatic heterocycles. The predicted molar refractivity (Wildman–Crippen MR) is 78.4 cm³/mol. The standard InChI is InChI=1S/C15H19N5O/c1-10-5-15(19-18-10)14-7-13(16-9-17-14)6-12-3-4-20(8-12)11(2)21/h5,7,9,12H,3-4,6,8H2,1-2H3,(H,18,19)/t12-/m1/s1. The minimum Gasteiger partial charge on any atom is -0.343 e. The molecule has 0 spiro atoms. The fourth-order valence-corrected chi connectivity index (χ4v) is 2.78. The van der Waals surface area contributed by atoms with Crippen LogP contribution in [-0.2, 0) is 11.2 Å². The van der Waals surface area contributed by atoms with Crippen LogP contribution in [0.25, 0.3) is 11.4 Å². The maximum absolute atomic E-state index is 11.4. The average molecular weight is 285 g/mol. The molecule has 3 heterocycles. The second-order valence-electron chi connectivity index (χ2n) is 5.65. The van der Waals surface area contributed by atoms with Crippen LogP contribution in [0.3, 0.4) is 0 Å². The van der Waals surface area contributed by atoms with Crippen molar-refractivity contribution in [1.82, 2.24) is 25.1 Å². The molecule has 6 heteroatoms. The van der Waals surface area contributed by atoms with E-state index in [1.54, 1.807) is 13.3 Å². The van der Waals surface area contributed by atoms with Gasteiger partial charge in [0.15, 0.2) is 0 Å². The van der Waals surface area contributed by atoms with Crippen LogP contribution in [0.4, 0.5) is 0 Å². The van der Waals surface area contributed by atoms with Gasteiger partial charge in [-0.25, -0.2) is 9.97 Å². The molecule has 0 aromatic carbocycles. The number of hydrogen-bond donors (Lipinski definition) is 1. The van der Waals surface area contributed by atoms with Crippen LogP contribution in [0.2, 0.25) is 0 Å². The van der Waals surface area contributed by atoms with Crippen LogP contribution in [0.5, 0.6) is 0 Å². The zero-order chi connectivity index (χ0) is 14.8. The molecule has 3 rings (SSSR count). The summed E-state index contributed by atoms with van der Waals surface area (Å²) in [6.07, 6.45) is 3.51. The lowest BCUT2D eigenvalue weighted by Gasteiger charge is -2.13. The largest absolute Gasteiger partial charge is 0.343 e. The van der Waals surface area contributed by atoms with Crippen molar-refractivity contribution < 1.29 is 4.79 Å². The first-order valence-corrected chi connectivity index (χ1v) is 7.20. The average Bonchev–Trinajstić information content (AvgIpc) is 3.08. The summed E-state index contributed by atoms with van der Waals surface area (Å²) in [5, 5.41) is 7.15. The SMILES string of the molecule is CC(=O)N1CC[C@H](Cc2cc(-c3cc(C)[nH]n3)ncn2)C1. The Bertz CT molecular complexity index is 651. The number of aromatic nitrogens is 4. The van der Waals surface area contributed by atoms with Crippen molar-refractivity contribution in [2.75, 3.05) is 13.1 Å². The Morgan fingerprint density at radius 2 is 2.24 bits per heavy atom. The van der Waals surface area contributed by atoms with Gasteiger partial charge in [0, 0.05) is 31.4 Å². The fourth-order valence-electron chi connectivity index (χ4n) is 2.78. The van der Waals surface area contributed by atoms with Gasteiger partial charge in [0.1, 0.15) is 12.0 Å². The minimum absolute atomic E-state index is 0.160. The summed E-state index contributed by atoms with van der Waals surface area (Å²) >= 11 is 0. The Hall–Kier alpha value is -2.24. The molecule has 0 aliphatic carbocycles. The number of H-pyrrole nitrogens is 1. The number of aryl methyl sites for hydroxylation is 1. The second kappa shape index (κ2) is 5.63. The third kappa shape index (κ3) is 3.09. The van der Waals surface area contributed by atoms with E-state index in [-0.39, 0.29) is 5.91 Å². The first-order valence-electron chi connectivity index (χ1n) is 7.20. The molecule has 1 N–H and O–H groups in total. The molecule has 6 nitrogen and oxygen atoms in total. The van der Waals surface area contributed by atoms with Crippen LogP contribution in [-0.4, -0.2) is 44.1 Å². The second-order valence-corrected chi connectivity index (χ2v) is 5.65. The summed E-state index contributed by atoms with van der Waals surface area (Å²) in [4.78, 5) is 21.9. The molecule has 1 aliphatic rings. The molecule has 1 fully saturated rings. The number of carbonyl (C=O) groups excluding carboxylic acids is 1. The van der Waals surface area contributed by atoms with Gasteiger partial charge in [-0.1, -0.05) is 0 Å². The van der Waals surface area contributed by atoms with Crippen molar-refractivity contribution in [3.05, 3.63) is 29.8 Å². The van der Waals surface area contributed by atoms with Gasteiger partial charge in [-0.05, 0) is 37.8 Å². The molecule has 1 aliphatic heterocycles. The molecule has 1 amide bonds. The van der Waals surface area contributed by atoms with Crippen molar-refractivity contribution in [2.45, 2.75) is 26.7 Å². The quantitative estimate of drug-likeness (QED) is 0.929. The Morgan fingerprint density at radius 3 is 2.90 bits per heavy atom. The van der Waals surface area contributed by atoms with Gasteiger partial charge in [-0.3, -0.25) is 9.89 Å². The predicted octanol–water partition coefficient (Wildman–Crippen LogP) is 1.59. The third-order valence-electron chi connectivity index (χ3n) is 3.92. The topological polar surface area (TPSA) is 74.8 Å². The van der Waals surface area contributed by atoms with Gasteiger partial charge >= 0.3 is 0 Å². The monoisotopic (exact) mass is 285 g/mol. The van der Waals surface area contributed by atoms with Crippen LogP contribution >= 0.6 is 0 Å². The van der Waals surface area contributed by atoms with Gasteiger partial charge in [0.25, 0.3) is 0 Å². The molecule has 1 atom stereocenters. The van der Waals surface area contributed by atoms with Crippen LogP contribution in [0.1, 0.15) is 24.7 Å². The normalized spacial score (nSPS) is 18.2. The summed E-state index contributed by atoms with van der Waals surface area (Å²) in [7, 11) is 0. The van der Waals surface area contributed by atoms with Gasteiger partial charge in [-0.15, -0.1) is 0 Å².